The summed E-state index contributed by atoms with van der Waals surface area (Å²) in [6, 6.07) is 5.83. The lowest BCUT2D eigenvalue weighted by Crippen LogP contribution is -2.15. The van der Waals surface area contributed by atoms with E-state index < -0.39 is 0 Å². The van der Waals surface area contributed by atoms with E-state index in [0.29, 0.717) is 12.3 Å². The van der Waals surface area contributed by atoms with Crippen LogP contribution < -0.4 is 10.5 Å². The molecule has 1 heterocycles. The first-order valence-corrected chi connectivity index (χ1v) is 7.99. The average Bonchev–Trinajstić information content (AvgIpc) is 2.88. The van der Waals surface area contributed by atoms with E-state index in [1.165, 1.54) is 11.5 Å². The van der Waals surface area contributed by atoms with Crippen LogP contribution in [0, 0.1) is 0 Å². The Balaban J connectivity index is 2.25. The average molecular weight is 356 g/mol. The Morgan fingerprint density at radius 1 is 1.40 bits per heavy atom. The Morgan fingerprint density at radius 2 is 2.15 bits per heavy atom. The molecule has 0 aliphatic carbocycles. The van der Waals surface area contributed by atoms with E-state index in [-0.39, 0.29) is 6.04 Å². The van der Waals surface area contributed by atoms with Crippen LogP contribution in [0.5, 0.6) is 5.75 Å². The van der Waals surface area contributed by atoms with E-state index in [9.17, 15) is 0 Å². The Morgan fingerprint density at radius 3 is 2.80 bits per heavy atom. The van der Waals surface area contributed by atoms with E-state index in [0.717, 1.165) is 26.4 Å². The third-order valence-corrected chi connectivity index (χ3v) is 4.47. The highest BCUT2D eigenvalue weighted by Gasteiger charge is 2.19. The molecule has 1 unspecified atom stereocenters. The number of aromatic nitrogens is 2. The molecule has 108 valence electrons. The van der Waals surface area contributed by atoms with Gasteiger partial charge in [0.1, 0.15) is 5.75 Å². The number of benzene rings is 1. The first kappa shape index (κ1) is 15.4. The fourth-order valence-corrected chi connectivity index (χ4v) is 3.31. The molecule has 0 saturated carbocycles. The second-order valence-corrected chi connectivity index (χ2v) is 6.65. The molecule has 0 spiro atoms. The largest absolute Gasteiger partial charge is 0.496 e. The highest BCUT2D eigenvalue weighted by Crippen LogP contribution is 2.31. The van der Waals surface area contributed by atoms with Gasteiger partial charge in [-0.2, -0.15) is 0 Å². The summed E-state index contributed by atoms with van der Waals surface area (Å²) in [7, 11) is 1.67. The first-order chi connectivity index (χ1) is 9.52. The van der Waals surface area contributed by atoms with E-state index in [1.807, 2.05) is 18.2 Å². The van der Waals surface area contributed by atoms with Crippen molar-refractivity contribution >= 4 is 27.5 Å². The molecule has 0 radical (unpaired) electrons. The van der Waals surface area contributed by atoms with Crippen molar-refractivity contribution in [3.05, 3.63) is 38.8 Å². The molecular formula is C14H18BrN3OS. The molecular weight excluding hydrogens is 338 g/mol. The Bertz CT molecular complexity index is 586. The van der Waals surface area contributed by atoms with Crippen molar-refractivity contribution in [1.82, 2.24) is 9.59 Å². The minimum atomic E-state index is -0.115. The zero-order valence-corrected chi connectivity index (χ0v) is 14.2. The van der Waals surface area contributed by atoms with Crippen molar-refractivity contribution in [3.63, 3.8) is 0 Å². The van der Waals surface area contributed by atoms with Crippen molar-refractivity contribution in [3.8, 4) is 5.75 Å². The normalized spacial score (nSPS) is 12.7. The molecule has 4 nitrogen and oxygen atoms in total. The van der Waals surface area contributed by atoms with Gasteiger partial charge in [0, 0.05) is 10.5 Å². The highest BCUT2D eigenvalue weighted by atomic mass is 79.9. The number of hydrogen-bond donors (Lipinski definition) is 1. The predicted octanol–water partition coefficient (Wildman–Crippen LogP) is 3.68. The number of rotatable bonds is 5. The molecule has 2 N–H and O–H groups in total. The molecule has 20 heavy (non-hydrogen) atoms. The molecule has 0 aliphatic heterocycles. The number of ether oxygens (including phenoxy) is 1. The van der Waals surface area contributed by atoms with Crippen molar-refractivity contribution in [2.24, 2.45) is 5.73 Å². The molecule has 0 amide bonds. The standard InChI is InChI=1S/C14H18BrN3OS/c1-8(2)13-14(20-18-17-13)11(16)7-9-6-10(15)4-5-12(9)19-3/h4-6,8,11H,7,16H2,1-3H3. The Hall–Kier alpha value is -0.980. The zero-order valence-electron chi connectivity index (χ0n) is 11.8. The van der Waals surface area contributed by atoms with E-state index >= 15 is 0 Å². The number of nitrogens with two attached hydrogens (primary N) is 1. The van der Waals surface area contributed by atoms with Gasteiger partial charge in [0.2, 0.25) is 0 Å². The van der Waals surface area contributed by atoms with Crippen LogP contribution in [0.4, 0.5) is 0 Å². The van der Waals surface area contributed by atoms with Crippen molar-refractivity contribution in [1.29, 1.82) is 0 Å². The van der Waals surface area contributed by atoms with Crippen LogP contribution in [0.2, 0.25) is 0 Å². The van der Waals surface area contributed by atoms with Crippen molar-refractivity contribution in [2.75, 3.05) is 7.11 Å². The summed E-state index contributed by atoms with van der Waals surface area (Å²) in [5.74, 6) is 1.19. The molecule has 2 rings (SSSR count). The summed E-state index contributed by atoms with van der Waals surface area (Å²) in [5, 5.41) is 4.19. The molecule has 1 aromatic carbocycles. The summed E-state index contributed by atoms with van der Waals surface area (Å²) in [4.78, 5) is 1.06. The Kier molecular flexibility index (Phi) is 5.12. The third-order valence-electron chi connectivity index (χ3n) is 3.11. The van der Waals surface area contributed by atoms with Crippen LogP contribution in [0.15, 0.2) is 22.7 Å². The molecule has 0 aliphatic rings. The number of methoxy groups -OCH3 is 1. The maximum Gasteiger partial charge on any atom is 0.122 e. The van der Waals surface area contributed by atoms with Gasteiger partial charge in [-0.25, -0.2) is 0 Å². The lowest BCUT2D eigenvalue weighted by molar-refractivity contribution is 0.408. The van der Waals surface area contributed by atoms with Crippen molar-refractivity contribution < 1.29 is 4.74 Å². The monoisotopic (exact) mass is 355 g/mol. The van der Waals surface area contributed by atoms with Crippen LogP contribution in [0.1, 0.15) is 41.9 Å². The fraction of sp³-hybridized carbons (Fsp3) is 0.429. The molecule has 2 aromatic rings. The van der Waals surface area contributed by atoms with Crippen LogP contribution in [-0.2, 0) is 6.42 Å². The smallest absolute Gasteiger partial charge is 0.122 e. The van der Waals surface area contributed by atoms with Gasteiger partial charge in [-0.05, 0) is 47.6 Å². The molecule has 6 heteroatoms. The van der Waals surface area contributed by atoms with Gasteiger partial charge in [0.25, 0.3) is 0 Å². The number of nitrogens with zero attached hydrogens (tertiary/aromatic N) is 2. The summed E-state index contributed by atoms with van der Waals surface area (Å²) < 4.78 is 10.4. The van der Waals surface area contributed by atoms with Gasteiger partial charge in [-0.15, -0.1) is 5.10 Å². The molecule has 0 bridgehead atoms. The van der Waals surface area contributed by atoms with Crippen LogP contribution in [-0.4, -0.2) is 16.7 Å². The quantitative estimate of drug-likeness (QED) is 0.888. The zero-order chi connectivity index (χ0) is 14.7. The maximum atomic E-state index is 6.34. The van der Waals surface area contributed by atoms with E-state index in [2.05, 4.69) is 39.4 Å². The van der Waals surface area contributed by atoms with Gasteiger partial charge in [0.15, 0.2) is 0 Å². The van der Waals surface area contributed by atoms with Gasteiger partial charge in [0.05, 0.1) is 17.7 Å². The van der Waals surface area contributed by atoms with Gasteiger partial charge < -0.3 is 10.5 Å². The molecule has 1 aromatic heterocycles. The molecule has 1 atom stereocenters. The van der Waals surface area contributed by atoms with Gasteiger partial charge in [-0.1, -0.05) is 34.3 Å². The summed E-state index contributed by atoms with van der Waals surface area (Å²) >= 11 is 4.87. The topological polar surface area (TPSA) is 61.0 Å². The predicted molar refractivity (Wildman–Crippen MR) is 85.3 cm³/mol. The summed E-state index contributed by atoms with van der Waals surface area (Å²) in [5.41, 5.74) is 8.42. The SMILES string of the molecule is COc1ccc(Br)cc1CC(N)c1snnc1C(C)C. The van der Waals surface area contributed by atoms with Crippen LogP contribution >= 0.6 is 27.5 Å². The summed E-state index contributed by atoms with van der Waals surface area (Å²) in [6.07, 6.45) is 0.701. The lowest BCUT2D eigenvalue weighted by Gasteiger charge is -2.15. The fourth-order valence-electron chi connectivity index (χ4n) is 2.10. The van der Waals surface area contributed by atoms with Crippen LogP contribution in [0.3, 0.4) is 0 Å². The lowest BCUT2D eigenvalue weighted by atomic mass is 10.0. The highest BCUT2D eigenvalue weighted by molar-refractivity contribution is 9.10. The minimum Gasteiger partial charge on any atom is -0.496 e. The second-order valence-electron chi connectivity index (χ2n) is 4.94. The van der Waals surface area contributed by atoms with Gasteiger partial charge >= 0.3 is 0 Å². The number of hydrogen-bond acceptors (Lipinski definition) is 5. The first-order valence-electron chi connectivity index (χ1n) is 6.43. The van der Waals surface area contributed by atoms with Crippen molar-refractivity contribution in [2.45, 2.75) is 32.2 Å². The second kappa shape index (κ2) is 6.65. The Labute approximate surface area is 131 Å². The summed E-state index contributed by atoms with van der Waals surface area (Å²) in [6.45, 7) is 4.21. The maximum absolute atomic E-state index is 6.34. The van der Waals surface area contributed by atoms with E-state index in [1.54, 1.807) is 7.11 Å². The molecule has 0 fully saturated rings. The number of halogens is 1. The third kappa shape index (κ3) is 3.37. The molecule has 0 saturated heterocycles. The van der Waals surface area contributed by atoms with E-state index in [4.69, 9.17) is 10.5 Å². The van der Waals surface area contributed by atoms with Crippen LogP contribution in [0.25, 0.3) is 0 Å². The minimum absolute atomic E-state index is 0.115. The van der Waals surface area contributed by atoms with Gasteiger partial charge in [-0.3, -0.25) is 0 Å².